The fourth-order valence-electron chi connectivity index (χ4n) is 5.13. The zero-order valence-electron chi connectivity index (χ0n) is 20.4. The Morgan fingerprint density at radius 3 is 1.89 bits per heavy atom. The molecular formula is C29H27N5O4. The number of aliphatic hydroxyl groups excluding tert-OH is 2. The molecule has 5 aromatic rings. The molecule has 9 heteroatoms. The monoisotopic (exact) mass is 509 g/mol. The molecule has 0 spiro atoms. The average molecular weight is 510 g/mol. The summed E-state index contributed by atoms with van der Waals surface area (Å²) in [6.07, 6.45) is -1.42. The molecule has 1 fully saturated rings. The van der Waals surface area contributed by atoms with Crippen LogP contribution in [-0.4, -0.2) is 54.7 Å². The van der Waals surface area contributed by atoms with Crippen molar-refractivity contribution in [1.29, 1.82) is 0 Å². The van der Waals surface area contributed by atoms with Crippen molar-refractivity contribution in [2.45, 2.75) is 30.1 Å². The maximum atomic E-state index is 11.0. The van der Waals surface area contributed by atoms with Crippen LogP contribution in [-0.2, 0) is 15.1 Å². The third kappa shape index (κ3) is 4.02. The summed E-state index contributed by atoms with van der Waals surface area (Å²) in [6.45, 7) is -0.00282. The fourth-order valence-corrected chi connectivity index (χ4v) is 5.13. The molecule has 4 N–H and O–H groups in total. The number of aliphatic hydroxyl groups is 2. The van der Waals surface area contributed by atoms with Crippen LogP contribution in [0.4, 0.5) is 5.82 Å². The maximum Gasteiger partial charge on any atom is 0.167 e. The maximum absolute atomic E-state index is 11.0. The number of anilines is 1. The van der Waals surface area contributed by atoms with Crippen molar-refractivity contribution in [1.82, 2.24) is 19.5 Å². The van der Waals surface area contributed by atoms with E-state index in [1.807, 2.05) is 91.0 Å². The summed E-state index contributed by atoms with van der Waals surface area (Å²) in [5, 5.41) is 22.0. The van der Waals surface area contributed by atoms with E-state index in [1.54, 1.807) is 4.57 Å². The first-order valence-corrected chi connectivity index (χ1v) is 12.3. The number of hydrogen-bond acceptors (Lipinski definition) is 8. The van der Waals surface area contributed by atoms with Gasteiger partial charge in [-0.2, -0.15) is 0 Å². The smallest absolute Gasteiger partial charge is 0.167 e. The van der Waals surface area contributed by atoms with Gasteiger partial charge in [0.05, 0.1) is 12.9 Å². The zero-order chi connectivity index (χ0) is 26.1. The highest BCUT2D eigenvalue weighted by Gasteiger charge is 2.46. The van der Waals surface area contributed by atoms with E-state index in [0.29, 0.717) is 11.2 Å². The lowest BCUT2D eigenvalue weighted by Gasteiger charge is -2.37. The molecule has 2 aromatic heterocycles. The quantitative estimate of drug-likeness (QED) is 0.286. The lowest BCUT2D eigenvalue weighted by Crippen LogP contribution is -2.39. The van der Waals surface area contributed by atoms with Crippen molar-refractivity contribution in [2.75, 3.05) is 12.3 Å². The molecule has 0 unspecified atom stereocenters. The Morgan fingerprint density at radius 1 is 0.789 bits per heavy atom. The number of nitrogens with two attached hydrogens (primary N) is 1. The van der Waals surface area contributed by atoms with E-state index in [0.717, 1.165) is 16.7 Å². The first-order chi connectivity index (χ1) is 18.6. The summed E-state index contributed by atoms with van der Waals surface area (Å²) in [5.74, 6) is 0.222. The number of aromatic nitrogens is 4. The third-order valence-corrected chi connectivity index (χ3v) is 7.00. The van der Waals surface area contributed by atoms with Crippen LogP contribution in [0.5, 0.6) is 0 Å². The van der Waals surface area contributed by atoms with Gasteiger partial charge in [0.25, 0.3) is 0 Å². The van der Waals surface area contributed by atoms with Crippen molar-refractivity contribution < 1.29 is 19.7 Å². The molecule has 0 saturated carbocycles. The molecule has 1 aliphatic rings. The largest absolute Gasteiger partial charge is 0.387 e. The number of ether oxygens (including phenoxy) is 2. The molecule has 3 aromatic carbocycles. The van der Waals surface area contributed by atoms with Gasteiger partial charge in [-0.05, 0) is 16.7 Å². The van der Waals surface area contributed by atoms with E-state index in [2.05, 4.69) is 15.0 Å². The summed E-state index contributed by atoms with van der Waals surface area (Å²) < 4.78 is 14.5. The van der Waals surface area contributed by atoms with Crippen molar-refractivity contribution in [3.8, 4) is 0 Å². The fraction of sp³-hybridized carbons (Fsp3) is 0.207. The predicted octanol–water partition coefficient (Wildman–Crippen LogP) is 3.04. The lowest BCUT2D eigenvalue weighted by atomic mass is 9.80. The Labute approximate surface area is 219 Å². The highest BCUT2D eigenvalue weighted by molar-refractivity contribution is 5.81. The second kappa shape index (κ2) is 9.96. The first-order valence-electron chi connectivity index (χ1n) is 12.3. The summed E-state index contributed by atoms with van der Waals surface area (Å²) in [5.41, 5.74) is 8.51. The zero-order valence-corrected chi connectivity index (χ0v) is 20.4. The predicted molar refractivity (Wildman–Crippen MR) is 141 cm³/mol. The van der Waals surface area contributed by atoms with E-state index in [1.165, 1.54) is 12.7 Å². The average Bonchev–Trinajstić information content (AvgIpc) is 3.52. The minimum Gasteiger partial charge on any atom is -0.387 e. The molecule has 192 valence electrons. The number of fused-ring (bicyclic) bond motifs is 1. The summed E-state index contributed by atoms with van der Waals surface area (Å²) in [6, 6.07) is 29.8. The molecule has 0 radical (unpaired) electrons. The van der Waals surface area contributed by atoms with Crippen LogP contribution in [0, 0.1) is 0 Å². The number of nitrogens with zero attached hydrogens (tertiary/aromatic N) is 4. The number of imidazole rings is 1. The number of nitrogen functional groups attached to an aromatic ring is 1. The van der Waals surface area contributed by atoms with Gasteiger partial charge in [-0.3, -0.25) is 4.57 Å². The normalized spacial score (nSPS) is 21.6. The highest BCUT2D eigenvalue weighted by atomic mass is 16.6. The second-order valence-corrected chi connectivity index (χ2v) is 9.22. The van der Waals surface area contributed by atoms with Gasteiger partial charge in [0.15, 0.2) is 17.7 Å². The van der Waals surface area contributed by atoms with Gasteiger partial charge in [-0.15, -0.1) is 0 Å². The number of benzene rings is 3. The van der Waals surface area contributed by atoms with Crippen LogP contribution < -0.4 is 5.73 Å². The van der Waals surface area contributed by atoms with Gasteiger partial charge in [-0.25, -0.2) is 15.0 Å². The molecule has 1 aliphatic heterocycles. The Morgan fingerprint density at radius 2 is 1.34 bits per heavy atom. The van der Waals surface area contributed by atoms with Crippen LogP contribution in [0.3, 0.4) is 0 Å². The summed E-state index contributed by atoms with van der Waals surface area (Å²) in [7, 11) is 0. The topological polar surface area (TPSA) is 129 Å². The van der Waals surface area contributed by atoms with Crippen molar-refractivity contribution in [3.05, 3.63) is 120 Å². The molecule has 4 atom stereocenters. The Hall–Kier alpha value is -4.15. The van der Waals surface area contributed by atoms with Crippen LogP contribution in [0.25, 0.3) is 11.2 Å². The van der Waals surface area contributed by atoms with Crippen LogP contribution in [0.1, 0.15) is 22.9 Å². The molecule has 0 bridgehead atoms. The van der Waals surface area contributed by atoms with Gasteiger partial charge in [0, 0.05) is 0 Å². The first kappa shape index (κ1) is 24.2. The minimum absolute atomic E-state index is 0.00282. The summed E-state index contributed by atoms with van der Waals surface area (Å²) >= 11 is 0. The van der Waals surface area contributed by atoms with Gasteiger partial charge in [0.2, 0.25) is 0 Å². The van der Waals surface area contributed by atoms with Crippen molar-refractivity contribution in [3.63, 3.8) is 0 Å². The Bertz CT molecular complexity index is 1420. The molecule has 0 amide bonds. The van der Waals surface area contributed by atoms with Gasteiger partial charge >= 0.3 is 0 Å². The molecule has 38 heavy (non-hydrogen) atoms. The number of rotatable bonds is 7. The molecule has 9 nitrogen and oxygen atoms in total. The lowest BCUT2D eigenvalue weighted by molar-refractivity contribution is -0.0942. The van der Waals surface area contributed by atoms with E-state index < -0.39 is 30.1 Å². The Kier molecular flexibility index (Phi) is 6.34. The molecule has 6 rings (SSSR count). The molecular weight excluding hydrogens is 482 g/mol. The van der Waals surface area contributed by atoms with Crippen LogP contribution >= 0.6 is 0 Å². The Balaban J connectivity index is 1.36. The second-order valence-electron chi connectivity index (χ2n) is 9.22. The van der Waals surface area contributed by atoms with E-state index in [4.69, 9.17) is 15.2 Å². The third-order valence-electron chi connectivity index (χ3n) is 7.00. The van der Waals surface area contributed by atoms with Crippen LogP contribution in [0.15, 0.2) is 104 Å². The van der Waals surface area contributed by atoms with E-state index in [9.17, 15) is 10.2 Å². The van der Waals surface area contributed by atoms with Crippen LogP contribution in [0.2, 0.25) is 0 Å². The van der Waals surface area contributed by atoms with Gasteiger partial charge < -0.3 is 25.4 Å². The SMILES string of the molecule is Nc1ncnc2c1ncn2[C@@H]1O[C@H](COC(c2ccccc2)(c2ccccc2)c2ccccc2)[C@@H](O)[C@@H]1O. The highest BCUT2D eigenvalue weighted by Crippen LogP contribution is 2.42. The van der Waals surface area contributed by atoms with Gasteiger partial charge in [-0.1, -0.05) is 91.0 Å². The summed E-state index contributed by atoms with van der Waals surface area (Å²) in [4.78, 5) is 12.5. The molecule has 0 aliphatic carbocycles. The standard InChI is InChI=1S/C29H27N5O4/c30-26-23-27(32-17-31-26)34(18-33-23)28-25(36)24(35)22(38-28)16-37-29(19-10-4-1-5-11-19,20-12-6-2-7-13-20)21-14-8-3-9-15-21/h1-15,17-18,22,24-25,28,35-36H,16H2,(H2,30,31,32)/t22-,24-,25+,28-/m1/s1. The van der Waals surface area contributed by atoms with E-state index >= 15 is 0 Å². The molecule has 1 saturated heterocycles. The molecule has 3 heterocycles. The van der Waals surface area contributed by atoms with Crippen molar-refractivity contribution in [2.24, 2.45) is 0 Å². The van der Waals surface area contributed by atoms with Crippen molar-refractivity contribution >= 4 is 17.0 Å². The van der Waals surface area contributed by atoms with Gasteiger partial charge in [0.1, 0.15) is 35.8 Å². The van der Waals surface area contributed by atoms with E-state index in [-0.39, 0.29) is 12.4 Å². The number of hydrogen-bond donors (Lipinski definition) is 3. The minimum atomic E-state index is -1.24.